The molecule has 3 heterocycles. The van der Waals surface area contributed by atoms with Crippen LogP contribution in [-0.2, 0) is 16.8 Å². The van der Waals surface area contributed by atoms with E-state index in [0.717, 1.165) is 24.4 Å². The molecule has 1 aliphatic rings. The normalized spacial score (nSPS) is 19.7. The SMILES string of the molecule is Cc1ccc([C@H]2CCCN2S(=O)(=O)N(C)CCn2cccn2)o1. The lowest BCUT2D eigenvalue weighted by atomic mass is 10.2. The molecule has 3 rings (SSSR count). The number of aromatic nitrogens is 2. The second-order valence-electron chi connectivity index (χ2n) is 5.82. The van der Waals surface area contributed by atoms with Gasteiger partial charge in [-0.05, 0) is 38.0 Å². The number of hydrogen-bond acceptors (Lipinski definition) is 4. The van der Waals surface area contributed by atoms with Gasteiger partial charge in [0.2, 0.25) is 0 Å². The van der Waals surface area contributed by atoms with Crippen LogP contribution in [0.2, 0.25) is 0 Å². The van der Waals surface area contributed by atoms with Gasteiger partial charge in [-0.2, -0.15) is 22.1 Å². The van der Waals surface area contributed by atoms with Crippen LogP contribution < -0.4 is 0 Å². The van der Waals surface area contributed by atoms with Crippen molar-refractivity contribution in [3.8, 4) is 0 Å². The highest BCUT2D eigenvalue weighted by molar-refractivity contribution is 7.86. The van der Waals surface area contributed by atoms with E-state index in [0.29, 0.717) is 19.6 Å². The molecule has 126 valence electrons. The molecule has 2 aromatic rings. The van der Waals surface area contributed by atoms with Crippen LogP contribution in [0.1, 0.15) is 30.4 Å². The van der Waals surface area contributed by atoms with E-state index in [1.807, 2.05) is 31.3 Å². The lowest BCUT2D eigenvalue weighted by Crippen LogP contribution is -2.42. The molecule has 0 saturated carbocycles. The number of rotatable bonds is 6. The largest absolute Gasteiger partial charge is 0.465 e. The van der Waals surface area contributed by atoms with E-state index >= 15 is 0 Å². The van der Waals surface area contributed by atoms with E-state index in [9.17, 15) is 8.42 Å². The van der Waals surface area contributed by atoms with Crippen molar-refractivity contribution < 1.29 is 12.8 Å². The molecule has 1 aliphatic heterocycles. The topological polar surface area (TPSA) is 71.6 Å². The second kappa shape index (κ2) is 6.46. The van der Waals surface area contributed by atoms with Crippen molar-refractivity contribution >= 4 is 10.2 Å². The average molecular weight is 338 g/mol. The molecule has 7 nitrogen and oxygen atoms in total. The Bertz CT molecular complexity index is 739. The summed E-state index contributed by atoms with van der Waals surface area (Å²) in [6.07, 6.45) is 5.14. The molecule has 1 fully saturated rings. The van der Waals surface area contributed by atoms with Gasteiger partial charge in [0, 0.05) is 32.5 Å². The molecule has 0 spiro atoms. The Labute approximate surface area is 136 Å². The summed E-state index contributed by atoms with van der Waals surface area (Å²) in [6.45, 7) is 3.30. The average Bonchev–Trinajstić information content (AvgIpc) is 3.25. The molecule has 0 bridgehead atoms. The number of furan rings is 1. The number of nitrogens with zero attached hydrogens (tertiary/aromatic N) is 4. The minimum Gasteiger partial charge on any atom is -0.465 e. The quantitative estimate of drug-likeness (QED) is 0.805. The first kappa shape index (κ1) is 16.2. The van der Waals surface area contributed by atoms with E-state index in [2.05, 4.69) is 5.10 Å². The molecule has 0 amide bonds. The summed E-state index contributed by atoms with van der Waals surface area (Å²) in [6, 6.07) is 5.36. The maximum atomic E-state index is 12.9. The van der Waals surface area contributed by atoms with Crippen LogP contribution in [-0.4, -0.2) is 46.9 Å². The predicted octanol–water partition coefficient (Wildman–Crippen LogP) is 1.80. The molecule has 8 heteroatoms. The smallest absolute Gasteiger partial charge is 0.282 e. The zero-order valence-corrected chi connectivity index (χ0v) is 14.2. The molecule has 0 radical (unpaired) electrons. The molecule has 1 atom stereocenters. The minimum absolute atomic E-state index is 0.208. The van der Waals surface area contributed by atoms with Crippen molar-refractivity contribution in [2.45, 2.75) is 32.4 Å². The van der Waals surface area contributed by atoms with Crippen LogP contribution in [0, 0.1) is 6.92 Å². The van der Waals surface area contributed by atoms with Crippen LogP contribution >= 0.6 is 0 Å². The highest BCUT2D eigenvalue weighted by Gasteiger charge is 2.38. The van der Waals surface area contributed by atoms with E-state index in [1.165, 1.54) is 4.31 Å². The van der Waals surface area contributed by atoms with Gasteiger partial charge in [-0.25, -0.2) is 0 Å². The van der Waals surface area contributed by atoms with E-state index in [4.69, 9.17) is 4.42 Å². The summed E-state index contributed by atoms with van der Waals surface area (Å²) in [5.74, 6) is 1.53. The Kier molecular flexibility index (Phi) is 4.56. The van der Waals surface area contributed by atoms with E-state index < -0.39 is 10.2 Å². The summed E-state index contributed by atoms with van der Waals surface area (Å²) in [4.78, 5) is 0. The third-order valence-electron chi connectivity index (χ3n) is 4.19. The zero-order valence-electron chi connectivity index (χ0n) is 13.4. The third kappa shape index (κ3) is 3.34. The highest BCUT2D eigenvalue weighted by Crippen LogP contribution is 2.35. The van der Waals surface area contributed by atoms with Gasteiger partial charge in [0.15, 0.2) is 0 Å². The number of likely N-dealkylation sites (N-methyl/N-ethyl adjacent to an activating group) is 1. The summed E-state index contributed by atoms with van der Waals surface area (Å²) < 4.78 is 36.0. The first-order valence-electron chi connectivity index (χ1n) is 7.75. The Morgan fingerprint density at radius 1 is 1.43 bits per heavy atom. The molecular weight excluding hydrogens is 316 g/mol. The van der Waals surface area contributed by atoms with E-state index in [-0.39, 0.29) is 6.04 Å². The Balaban J connectivity index is 1.72. The lowest BCUT2D eigenvalue weighted by Gasteiger charge is -2.27. The van der Waals surface area contributed by atoms with Crippen molar-refractivity contribution in [2.75, 3.05) is 20.1 Å². The van der Waals surface area contributed by atoms with Gasteiger partial charge in [-0.3, -0.25) is 4.68 Å². The maximum absolute atomic E-state index is 12.9. The van der Waals surface area contributed by atoms with Crippen LogP contribution in [0.4, 0.5) is 0 Å². The minimum atomic E-state index is -3.51. The molecule has 0 N–H and O–H groups in total. The fourth-order valence-corrected chi connectivity index (χ4v) is 4.46. The first-order valence-corrected chi connectivity index (χ1v) is 9.15. The summed E-state index contributed by atoms with van der Waals surface area (Å²) in [5, 5.41) is 4.10. The van der Waals surface area contributed by atoms with Gasteiger partial charge >= 0.3 is 0 Å². The lowest BCUT2D eigenvalue weighted by molar-refractivity contribution is 0.305. The first-order chi connectivity index (χ1) is 11.0. The molecular formula is C15H22N4O3S. The predicted molar refractivity (Wildman–Crippen MR) is 85.9 cm³/mol. The standard InChI is InChI=1S/C15H22N4O3S/c1-13-6-7-15(22-13)14-5-3-10-19(14)23(20,21)17(2)11-12-18-9-4-8-16-18/h4,6-9,14H,3,5,10-12H2,1-2H3/t14-/m1/s1. The van der Waals surface area contributed by atoms with Crippen molar-refractivity contribution in [3.05, 3.63) is 42.1 Å². The van der Waals surface area contributed by atoms with Crippen LogP contribution in [0.15, 0.2) is 35.0 Å². The van der Waals surface area contributed by atoms with Crippen LogP contribution in [0.5, 0.6) is 0 Å². The Morgan fingerprint density at radius 3 is 2.91 bits per heavy atom. The van der Waals surface area contributed by atoms with Crippen molar-refractivity contribution in [2.24, 2.45) is 0 Å². The second-order valence-corrected chi connectivity index (χ2v) is 7.80. The fraction of sp³-hybridized carbons (Fsp3) is 0.533. The van der Waals surface area contributed by atoms with Crippen LogP contribution in [0.3, 0.4) is 0 Å². The van der Waals surface area contributed by atoms with Gasteiger partial charge in [-0.15, -0.1) is 0 Å². The van der Waals surface area contributed by atoms with Gasteiger partial charge in [0.1, 0.15) is 11.5 Å². The summed E-state index contributed by atoms with van der Waals surface area (Å²) >= 11 is 0. The van der Waals surface area contributed by atoms with Gasteiger partial charge in [0.05, 0.1) is 12.6 Å². The summed E-state index contributed by atoms with van der Waals surface area (Å²) in [7, 11) is -1.90. The van der Waals surface area contributed by atoms with Gasteiger partial charge in [-0.1, -0.05) is 0 Å². The van der Waals surface area contributed by atoms with Crippen molar-refractivity contribution in [3.63, 3.8) is 0 Å². The van der Waals surface area contributed by atoms with Gasteiger partial charge in [0.25, 0.3) is 10.2 Å². The van der Waals surface area contributed by atoms with Gasteiger partial charge < -0.3 is 4.42 Å². The molecule has 0 unspecified atom stereocenters. The number of hydrogen-bond donors (Lipinski definition) is 0. The number of aryl methyl sites for hydroxylation is 1. The summed E-state index contributed by atoms with van der Waals surface area (Å²) in [5.41, 5.74) is 0. The van der Waals surface area contributed by atoms with Crippen molar-refractivity contribution in [1.82, 2.24) is 18.4 Å². The molecule has 23 heavy (non-hydrogen) atoms. The fourth-order valence-electron chi connectivity index (χ4n) is 2.90. The zero-order chi connectivity index (χ0) is 16.4. The molecule has 1 saturated heterocycles. The van der Waals surface area contributed by atoms with E-state index in [1.54, 1.807) is 22.2 Å². The monoisotopic (exact) mass is 338 g/mol. The molecule has 2 aromatic heterocycles. The van der Waals surface area contributed by atoms with Crippen molar-refractivity contribution in [1.29, 1.82) is 0 Å². The Hall–Kier alpha value is -1.64. The molecule has 0 aromatic carbocycles. The van der Waals surface area contributed by atoms with Crippen LogP contribution in [0.25, 0.3) is 0 Å². The Morgan fingerprint density at radius 2 is 2.26 bits per heavy atom. The molecule has 0 aliphatic carbocycles. The highest BCUT2D eigenvalue weighted by atomic mass is 32.2. The third-order valence-corrected chi connectivity index (χ3v) is 6.19. The maximum Gasteiger partial charge on any atom is 0.282 e.